The van der Waals surface area contributed by atoms with Gasteiger partial charge in [-0.25, -0.2) is 0 Å². The molecule has 0 saturated heterocycles. The van der Waals surface area contributed by atoms with Crippen molar-refractivity contribution in [2.75, 3.05) is 6.54 Å². The molecule has 25 heavy (non-hydrogen) atoms. The minimum absolute atomic E-state index is 0.0236. The average molecular weight is 356 g/mol. The summed E-state index contributed by atoms with van der Waals surface area (Å²) in [6, 6.07) is 10.7. The molecule has 1 N–H and O–H groups in total. The molecule has 2 amide bonds. The van der Waals surface area contributed by atoms with Crippen molar-refractivity contribution in [3.8, 4) is 0 Å². The molecular weight excluding hydrogens is 332 g/mol. The molecule has 0 bridgehead atoms. The largest absolute Gasteiger partial charge is 0.340 e. The van der Waals surface area contributed by atoms with Crippen molar-refractivity contribution in [2.45, 2.75) is 39.3 Å². The van der Waals surface area contributed by atoms with Crippen LogP contribution in [0.2, 0.25) is 0 Å². The normalized spacial score (nSPS) is 16.0. The fourth-order valence-corrected chi connectivity index (χ4v) is 4.02. The van der Waals surface area contributed by atoms with Gasteiger partial charge in [0, 0.05) is 23.5 Å². The number of hydrogen-bond donors (Lipinski definition) is 1. The molecule has 0 aliphatic carbocycles. The Morgan fingerprint density at radius 1 is 1.24 bits per heavy atom. The lowest BCUT2D eigenvalue weighted by Gasteiger charge is -2.33. The molecule has 3 rings (SSSR count). The third kappa shape index (κ3) is 3.93. The lowest BCUT2D eigenvalue weighted by molar-refractivity contribution is -0.135. The van der Waals surface area contributed by atoms with Gasteiger partial charge in [0.2, 0.25) is 5.91 Å². The molecule has 0 radical (unpaired) electrons. The van der Waals surface area contributed by atoms with E-state index in [4.69, 9.17) is 0 Å². The van der Waals surface area contributed by atoms with Gasteiger partial charge in [-0.15, -0.1) is 11.3 Å². The first-order valence-electron chi connectivity index (χ1n) is 8.80. The first-order chi connectivity index (χ1) is 12.1. The highest BCUT2D eigenvalue weighted by molar-refractivity contribution is 7.10. The Bertz CT molecular complexity index is 741. The molecule has 1 aromatic heterocycles. The summed E-state index contributed by atoms with van der Waals surface area (Å²) in [6.45, 7) is 5.44. The van der Waals surface area contributed by atoms with Crippen molar-refractivity contribution < 1.29 is 9.59 Å². The quantitative estimate of drug-likeness (QED) is 0.892. The maximum absolute atomic E-state index is 13.1. The van der Waals surface area contributed by atoms with E-state index in [1.807, 2.05) is 36.9 Å². The first-order valence-corrected chi connectivity index (χ1v) is 9.68. The van der Waals surface area contributed by atoms with Crippen LogP contribution < -0.4 is 5.32 Å². The van der Waals surface area contributed by atoms with Gasteiger partial charge in [0.05, 0.1) is 0 Å². The van der Waals surface area contributed by atoms with Crippen LogP contribution in [0.4, 0.5) is 0 Å². The van der Waals surface area contributed by atoms with Gasteiger partial charge in [-0.1, -0.05) is 38.5 Å². The van der Waals surface area contributed by atoms with Crippen molar-refractivity contribution in [1.82, 2.24) is 10.2 Å². The Morgan fingerprint density at radius 3 is 2.72 bits per heavy atom. The van der Waals surface area contributed by atoms with Gasteiger partial charge in [-0.3, -0.25) is 9.59 Å². The first kappa shape index (κ1) is 17.7. The number of carbonyl (C=O) groups is 2. The summed E-state index contributed by atoms with van der Waals surface area (Å²) in [5.41, 5.74) is 1.82. The van der Waals surface area contributed by atoms with Gasteiger partial charge in [-0.05, 0) is 41.5 Å². The number of benzene rings is 1. The van der Waals surface area contributed by atoms with Crippen LogP contribution in [0, 0.1) is 5.92 Å². The molecule has 132 valence electrons. The molecule has 0 spiro atoms. The van der Waals surface area contributed by atoms with Crippen LogP contribution in [0.5, 0.6) is 0 Å². The number of thiophene rings is 1. The molecule has 1 aliphatic heterocycles. The molecule has 1 aliphatic rings. The number of hydrogen-bond acceptors (Lipinski definition) is 3. The van der Waals surface area contributed by atoms with E-state index in [0.29, 0.717) is 12.1 Å². The summed E-state index contributed by atoms with van der Waals surface area (Å²) in [7, 11) is 0. The highest BCUT2D eigenvalue weighted by atomic mass is 32.1. The fourth-order valence-electron chi connectivity index (χ4n) is 3.13. The van der Waals surface area contributed by atoms with Crippen LogP contribution in [-0.4, -0.2) is 29.3 Å². The summed E-state index contributed by atoms with van der Waals surface area (Å²) in [5.74, 6) is -0.0769. The van der Waals surface area contributed by atoms with Gasteiger partial charge in [0.25, 0.3) is 5.91 Å². The highest BCUT2D eigenvalue weighted by Crippen LogP contribution is 2.25. The van der Waals surface area contributed by atoms with Crippen LogP contribution in [0.3, 0.4) is 0 Å². The topological polar surface area (TPSA) is 49.4 Å². The Labute approximate surface area is 152 Å². The Hall–Kier alpha value is -2.14. The van der Waals surface area contributed by atoms with Gasteiger partial charge < -0.3 is 10.2 Å². The number of nitrogens with zero attached hydrogens (tertiary/aromatic N) is 1. The standard InChI is InChI=1S/C20H24N2O2S/c1-3-14(2)18(21-19(23)15-7-5-4-6-8-15)20(24)22-11-9-17-16(13-22)10-12-25-17/h4-8,10,12,14,18H,3,9,11,13H2,1-2H3,(H,21,23)/t14-,18+/m0/s1. The molecule has 1 aromatic carbocycles. The second-order valence-corrected chi connectivity index (χ2v) is 7.58. The summed E-state index contributed by atoms with van der Waals surface area (Å²) in [5, 5.41) is 5.06. The summed E-state index contributed by atoms with van der Waals surface area (Å²) >= 11 is 1.76. The lowest BCUT2D eigenvalue weighted by atomic mass is 9.96. The van der Waals surface area contributed by atoms with E-state index in [0.717, 1.165) is 19.4 Å². The van der Waals surface area contributed by atoms with Crippen LogP contribution in [0.15, 0.2) is 41.8 Å². The van der Waals surface area contributed by atoms with E-state index in [1.165, 1.54) is 10.4 Å². The van der Waals surface area contributed by atoms with Crippen molar-refractivity contribution in [2.24, 2.45) is 5.92 Å². The molecule has 0 unspecified atom stereocenters. The SMILES string of the molecule is CC[C@H](C)[C@@H](NC(=O)c1ccccc1)C(=O)N1CCc2sccc2C1. The summed E-state index contributed by atoms with van der Waals surface area (Å²) < 4.78 is 0. The van der Waals surface area contributed by atoms with Crippen molar-refractivity contribution in [3.05, 3.63) is 57.8 Å². The van der Waals surface area contributed by atoms with E-state index < -0.39 is 6.04 Å². The molecule has 2 heterocycles. The van der Waals surface area contributed by atoms with Crippen LogP contribution in [0.25, 0.3) is 0 Å². The number of amides is 2. The zero-order valence-electron chi connectivity index (χ0n) is 14.7. The third-order valence-corrected chi connectivity index (χ3v) is 5.94. The fraction of sp³-hybridized carbons (Fsp3) is 0.400. The van der Waals surface area contributed by atoms with E-state index >= 15 is 0 Å². The van der Waals surface area contributed by atoms with Crippen molar-refractivity contribution in [1.29, 1.82) is 0 Å². The minimum Gasteiger partial charge on any atom is -0.340 e. The van der Waals surface area contributed by atoms with Gasteiger partial charge in [0.1, 0.15) is 6.04 Å². The van der Waals surface area contributed by atoms with Crippen LogP contribution in [0.1, 0.15) is 41.1 Å². The number of nitrogens with one attached hydrogen (secondary N) is 1. The van der Waals surface area contributed by atoms with Crippen LogP contribution >= 0.6 is 11.3 Å². The zero-order chi connectivity index (χ0) is 17.8. The molecule has 2 atom stereocenters. The Kier molecular flexibility index (Phi) is 5.53. The Balaban J connectivity index is 1.74. The van der Waals surface area contributed by atoms with Gasteiger partial charge in [0.15, 0.2) is 0 Å². The van der Waals surface area contributed by atoms with Crippen LogP contribution in [-0.2, 0) is 17.8 Å². The molecular formula is C20H24N2O2S. The lowest BCUT2D eigenvalue weighted by Crippen LogP contribution is -2.52. The molecule has 4 nitrogen and oxygen atoms in total. The molecule has 0 saturated carbocycles. The smallest absolute Gasteiger partial charge is 0.251 e. The second kappa shape index (κ2) is 7.83. The van der Waals surface area contributed by atoms with Crippen molar-refractivity contribution in [3.63, 3.8) is 0 Å². The monoisotopic (exact) mass is 356 g/mol. The average Bonchev–Trinajstić information content (AvgIpc) is 3.13. The maximum atomic E-state index is 13.1. The van der Waals surface area contributed by atoms with E-state index in [-0.39, 0.29) is 17.7 Å². The van der Waals surface area contributed by atoms with E-state index in [9.17, 15) is 9.59 Å². The third-order valence-electron chi connectivity index (χ3n) is 4.92. The second-order valence-electron chi connectivity index (χ2n) is 6.58. The van der Waals surface area contributed by atoms with E-state index in [1.54, 1.807) is 23.5 Å². The molecule has 0 fully saturated rings. The zero-order valence-corrected chi connectivity index (χ0v) is 15.5. The molecule has 5 heteroatoms. The highest BCUT2D eigenvalue weighted by Gasteiger charge is 2.32. The predicted octanol–water partition coefficient (Wildman–Crippen LogP) is 3.48. The maximum Gasteiger partial charge on any atom is 0.251 e. The predicted molar refractivity (Wildman–Crippen MR) is 101 cm³/mol. The van der Waals surface area contributed by atoms with Crippen molar-refractivity contribution >= 4 is 23.2 Å². The number of fused-ring (bicyclic) bond motifs is 1. The number of carbonyl (C=O) groups excluding carboxylic acids is 2. The van der Waals surface area contributed by atoms with Gasteiger partial charge >= 0.3 is 0 Å². The number of rotatable bonds is 5. The molecule has 2 aromatic rings. The van der Waals surface area contributed by atoms with E-state index in [2.05, 4.69) is 16.8 Å². The minimum atomic E-state index is -0.488. The Morgan fingerprint density at radius 2 is 2.00 bits per heavy atom. The summed E-state index contributed by atoms with van der Waals surface area (Å²) in [6.07, 6.45) is 1.74. The summed E-state index contributed by atoms with van der Waals surface area (Å²) in [4.78, 5) is 28.9. The van der Waals surface area contributed by atoms with Gasteiger partial charge in [-0.2, -0.15) is 0 Å².